The Morgan fingerprint density at radius 2 is 2.07 bits per heavy atom. The van der Waals surface area contributed by atoms with Gasteiger partial charge in [-0.05, 0) is 37.0 Å². The van der Waals surface area contributed by atoms with Crippen LogP contribution in [0.25, 0.3) is 10.9 Å². The number of nitrogens with one attached hydrogen (secondary N) is 4. The average Bonchev–Trinajstić information content (AvgIpc) is 3.39. The first-order valence-corrected chi connectivity index (χ1v) is 9.88. The lowest BCUT2D eigenvalue weighted by molar-refractivity contribution is -0.129. The lowest BCUT2D eigenvalue weighted by atomic mass is 9.96. The summed E-state index contributed by atoms with van der Waals surface area (Å²) in [5.41, 5.74) is 3.05. The van der Waals surface area contributed by atoms with Gasteiger partial charge in [-0.1, -0.05) is 30.3 Å². The predicted molar refractivity (Wildman–Crippen MR) is 111 cm³/mol. The number of aromatic amines is 1. The highest BCUT2D eigenvalue weighted by Crippen LogP contribution is 2.25. The monoisotopic (exact) mass is 391 g/mol. The van der Waals surface area contributed by atoms with Gasteiger partial charge in [0.2, 0.25) is 11.8 Å². The molecule has 0 unspecified atom stereocenters. The minimum absolute atomic E-state index is 0.136. The van der Waals surface area contributed by atoms with E-state index in [4.69, 9.17) is 0 Å². The molecule has 1 fully saturated rings. The predicted octanol–water partition coefficient (Wildman–Crippen LogP) is 1.83. The molecule has 3 atom stereocenters. The van der Waals surface area contributed by atoms with Crippen molar-refractivity contribution in [3.05, 3.63) is 66.1 Å². The molecule has 0 radical (unpaired) electrons. The Morgan fingerprint density at radius 3 is 2.86 bits per heavy atom. The maximum Gasteiger partial charge on any atom is 0.242 e. The lowest BCUT2D eigenvalue weighted by Crippen LogP contribution is -2.49. The van der Waals surface area contributed by atoms with Gasteiger partial charge in [0, 0.05) is 23.8 Å². The highest BCUT2D eigenvalue weighted by atomic mass is 16.2. The topological polar surface area (TPSA) is 98.9 Å². The molecule has 0 aliphatic carbocycles. The number of hydrogen-bond donors (Lipinski definition) is 4. The lowest BCUT2D eigenvalue weighted by Gasteiger charge is -2.17. The molecule has 1 aliphatic heterocycles. The van der Waals surface area contributed by atoms with Gasteiger partial charge in [0.25, 0.3) is 0 Å². The Morgan fingerprint density at radius 1 is 1.24 bits per heavy atom. The van der Waals surface area contributed by atoms with Crippen LogP contribution in [0, 0.1) is 0 Å². The van der Waals surface area contributed by atoms with Crippen LogP contribution in [0.5, 0.6) is 0 Å². The number of fused-ring (bicyclic) bond motifs is 1. The van der Waals surface area contributed by atoms with Gasteiger partial charge in [-0.3, -0.25) is 14.6 Å². The van der Waals surface area contributed by atoms with Crippen molar-refractivity contribution in [3.8, 4) is 0 Å². The molecule has 2 aromatic heterocycles. The fraction of sp³-hybridized carbons (Fsp3) is 0.318. The molecule has 0 spiro atoms. The summed E-state index contributed by atoms with van der Waals surface area (Å²) in [5.74, 6) is -0.0388. The molecule has 3 heterocycles. The van der Waals surface area contributed by atoms with E-state index in [9.17, 15) is 9.59 Å². The summed E-state index contributed by atoms with van der Waals surface area (Å²) < 4.78 is 0. The van der Waals surface area contributed by atoms with Gasteiger partial charge in [0.15, 0.2) is 0 Å². The van der Waals surface area contributed by atoms with E-state index < -0.39 is 6.04 Å². The zero-order valence-corrected chi connectivity index (χ0v) is 16.3. The summed E-state index contributed by atoms with van der Waals surface area (Å²) >= 11 is 0. The smallest absolute Gasteiger partial charge is 0.242 e. The summed E-state index contributed by atoms with van der Waals surface area (Å²) in [5, 5.41) is 10.0. The van der Waals surface area contributed by atoms with Gasteiger partial charge in [0.1, 0.15) is 6.04 Å². The minimum Gasteiger partial charge on any atom is -0.356 e. The molecular weight excluding hydrogens is 366 g/mol. The Bertz CT molecular complexity index is 968. The van der Waals surface area contributed by atoms with E-state index in [0.717, 1.165) is 29.6 Å². The fourth-order valence-corrected chi connectivity index (χ4v) is 3.76. The van der Waals surface area contributed by atoms with Crippen LogP contribution in [-0.2, 0) is 16.1 Å². The number of carbonyl (C=O) groups is 2. The second kappa shape index (κ2) is 8.45. The van der Waals surface area contributed by atoms with Crippen LogP contribution in [0.2, 0.25) is 0 Å². The van der Waals surface area contributed by atoms with Crippen LogP contribution in [0.3, 0.4) is 0 Å². The molecule has 7 heteroatoms. The minimum atomic E-state index is -0.605. The average molecular weight is 391 g/mol. The van der Waals surface area contributed by atoms with Crippen molar-refractivity contribution < 1.29 is 9.59 Å². The van der Waals surface area contributed by atoms with Gasteiger partial charge in [-0.25, -0.2) is 0 Å². The summed E-state index contributed by atoms with van der Waals surface area (Å²) in [6.45, 7) is 2.83. The molecule has 1 aliphatic rings. The summed E-state index contributed by atoms with van der Waals surface area (Å²) in [6, 6.07) is 13.2. The van der Waals surface area contributed by atoms with Crippen molar-refractivity contribution >= 4 is 22.7 Å². The van der Waals surface area contributed by atoms with E-state index in [0.29, 0.717) is 12.5 Å². The summed E-state index contributed by atoms with van der Waals surface area (Å²) in [6.07, 6.45) is 4.21. The standard InChI is InChI=1S/C22H25N5O2/c1-14(21(28)25-12-18-9-16-7-8-23-13-20(16)27-18)26-22(29)19-10-17(11-24-19)15-5-3-2-4-6-15/h2-9,13-14,17,19,24,27H,10-12H2,1H3,(H,25,28)(H,26,29)/t14-,17-,19+/m0/s1. The second-order valence-corrected chi connectivity index (χ2v) is 7.51. The van der Waals surface area contributed by atoms with Crippen molar-refractivity contribution in [1.82, 2.24) is 25.9 Å². The molecule has 0 saturated carbocycles. The number of benzene rings is 1. The van der Waals surface area contributed by atoms with Gasteiger partial charge in [-0.15, -0.1) is 0 Å². The first-order valence-electron chi connectivity index (χ1n) is 9.88. The van der Waals surface area contributed by atoms with Crippen LogP contribution in [0.1, 0.15) is 30.5 Å². The Labute approximate surface area is 169 Å². The van der Waals surface area contributed by atoms with Crippen LogP contribution < -0.4 is 16.0 Å². The van der Waals surface area contributed by atoms with Crippen LogP contribution in [-0.4, -0.2) is 40.4 Å². The van der Waals surface area contributed by atoms with Crippen molar-refractivity contribution in [2.24, 2.45) is 0 Å². The van der Waals surface area contributed by atoms with Gasteiger partial charge >= 0.3 is 0 Å². The highest BCUT2D eigenvalue weighted by molar-refractivity contribution is 5.89. The molecular formula is C22H25N5O2. The third-order valence-electron chi connectivity index (χ3n) is 5.40. The van der Waals surface area contributed by atoms with Gasteiger partial charge in [0.05, 0.1) is 24.3 Å². The second-order valence-electron chi connectivity index (χ2n) is 7.51. The van der Waals surface area contributed by atoms with E-state index in [1.54, 1.807) is 19.3 Å². The highest BCUT2D eigenvalue weighted by Gasteiger charge is 2.31. The summed E-state index contributed by atoms with van der Waals surface area (Å²) in [4.78, 5) is 32.3. The number of amides is 2. The van der Waals surface area contributed by atoms with Crippen molar-refractivity contribution in [1.29, 1.82) is 0 Å². The van der Waals surface area contributed by atoms with Crippen molar-refractivity contribution in [2.45, 2.75) is 37.9 Å². The van der Waals surface area contributed by atoms with E-state index >= 15 is 0 Å². The zero-order valence-electron chi connectivity index (χ0n) is 16.3. The van der Waals surface area contributed by atoms with Gasteiger partial charge in [-0.2, -0.15) is 0 Å². The van der Waals surface area contributed by atoms with E-state index in [2.05, 4.69) is 38.1 Å². The number of aromatic nitrogens is 2. The van der Waals surface area contributed by atoms with Crippen molar-refractivity contribution in [2.75, 3.05) is 6.54 Å². The normalized spacial score (nSPS) is 19.8. The van der Waals surface area contributed by atoms with Crippen LogP contribution in [0.15, 0.2) is 54.9 Å². The first kappa shape index (κ1) is 19.1. The van der Waals surface area contributed by atoms with Crippen molar-refractivity contribution in [3.63, 3.8) is 0 Å². The number of rotatable bonds is 6. The van der Waals surface area contributed by atoms with E-state index in [1.165, 1.54) is 5.56 Å². The number of hydrogen-bond acceptors (Lipinski definition) is 4. The maximum absolute atomic E-state index is 12.6. The molecule has 4 N–H and O–H groups in total. The molecule has 150 valence electrons. The maximum atomic E-state index is 12.6. The Hall–Kier alpha value is -3.19. The molecule has 3 aromatic rings. The molecule has 4 rings (SSSR count). The Balaban J connectivity index is 1.26. The quantitative estimate of drug-likeness (QED) is 0.515. The molecule has 29 heavy (non-hydrogen) atoms. The summed E-state index contributed by atoms with van der Waals surface area (Å²) in [7, 11) is 0. The van der Waals surface area contributed by atoms with E-state index in [-0.39, 0.29) is 17.9 Å². The fourth-order valence-electron chi connectivity index (χ4n) is 3.76. The number of H-pyrrole nitrogens is 1. The molecule has 0 bridgehead atoms. The largest absolute Gasteiger partial charge is 0.356 e. The van der Waals surface area contributed by atoms with Crippen LogP contribution >= 0.6 is 0 Å². The number of carbonyl (C=O) groups excluding carboxylic acids is 2. The third-order valence-corrected chi connectivity index (χ3v) is 5.40. The molecule has 1 saturated heterocycles. The zero-order chi connectivity index (χ0) is 20.2. The first-order chi connectivity index (χ1) is 14.1. The van der Waals surface area contributed by atoms with Gasteiger partial charge < -0.3 is 20.9 Å². The third kappa shape index (κ3) is 4.46. The molecule has 1 aromatic carbocycles. The van der Waals surface area contributed by atoms with E-state index in [1.807, 2.05) is 30.3 Å². The molecule has 2 amide bonds. The number of pyridine rings is 1. The SMILES string of the molecule is C[C@H](NC(=O)[C@H]1C[C@H](c2ccccc2)CN1)C(=O)NCc1cc2ccncc2[nH]1. The number of nitrogens with zero attached hydrogens (tertiary/aromatic N) is 1. The molecule has 7 nitrogen and oxygen atoms in total. The van der Waals surface area contributed by atoms with Crippen LogP contribution in [0.4, 0.5) is 0 Å². The Kier molecular flexibility index (Phi) is 5.57.